The molecule has 0 saturated heterocycles. The number of carbonyl (C=O) groups is 1. The normalized spacial score (nSPS) is 13.2. The minimum atomic E-state index is -0.723. The number of oxime groups is 2. The van der Waals surface area contributed by atoms with Gasteiger partial charge in [-0.2, -0.15) is 0 Å². The van der Waals surface area contributed by atoms with Gasteiger partial charge in [-0.1, -0.05) is 70.9 Å². The molecular weight excluding hydrogens is 732 g/mol. The summed E-state index contributed by atoms with van der Waals surface area (Å²) in [5, 5.41) is 63.3. The number of nitrogens with one attached hydrogen (secondary N) is 4. The number of halogens is 1. The number of carbonyl (C=O) groups excluding carboxylic acids is 1. The van der Waals surface area contributed by atoms with E-state index in [1.165, 1.54) is 0 Å². The molecule has 0 aliphatic rings. The summed E-state index contributed by atoms with van der Waals surface area (Å²) in [5.41, 5.74) is 5.49. The number of nitrogens with two attached hydrogens (primary N) is 1. The molecule has 0 fully saturated rings. The Morgan fingerprint density at radius 3 is 1.53 bits per heavy atom. The molecule has 21 heteroatoms. The summed E-state index contributed by atoms with van der Waals surface area (Å²) in [7, 11) is -1.53. The predicted molar refractivity (Wildman–Crippen MR) is 225 cm³/mol. The second-order valence-corrected chi connectivity index (χ2v) is 16.1. The quantitative estimate of drug-likeness (QED) is 0.0184. The van der Waals surface area contributed by atoms with Crippen LogP contribution < -0.4 is 27.2 Å². The zero-order valence-corrected chi connectivity index (χ0v) is 36.3. The molecule has 3 unspecified atom stereocenters. The zero-order valence-electron chi connectivity index (χ0n) is 35.5. The molecule has 1 rings (SSSR count). The van der Waals surface area contributed by atoms with Crippen LogP contribution in [-0.4, -0.2) is 100.0 Å². The third kappa shape index (κ3) is 42.4. The number of hydrogen-bond donors (Lipinski definition) is 10. The van der Waals surface area contributed by atoms with Gasteiger partial charge >= 0.3 is 32.3 Å². The topological polar surface area (TPSA) is 273 Å². The van der Waals surface area contributed by atoms with Crippen molar-refractivity contribution in [3.63, 3.8) is 0 Å². The first kappa shape index (κ1) is 56.7. The summed E-state index contributed by atoms with van der Waals surface area (Å²) in [4.78, 5) is 23.3. The zero-order chi connectivity index (χ0) is 43.1. The van der Waals surface area contributed by atoms with E-state index >= 15 is 0 Å². The van der Waals surface area contributed by atoms with E-state index < -0.39 is 32.3 Å². The van der Waals surface area contributed by atoms with Gasteiger partial charge in [-0.15, -0.1) is 0 Å². The Bertz CT molecular complexity index is 1150. The Kier molecular flexibility index (Phi) is 35.7. The minimum Gasteiger partial charge on any atom is -0.453 e. The molecule has 320 valence electrons. The average Bonchev–Trinajstić information content (AvgIpc) is 3.47. The van der Waals surface area contributed by atoms with Crippen molar-refractivity contribution in [2.24, 2.45) is 57.5 Å². The van der Waals surface area contributed by atoms with Crippen LogP contribution in [0.5, 0.6) is 0 Å². The molecule has 11 N–H and O–H groups in total. The van der Waals surface area contributed by atoms with Crippen molar-refractivity contribution in [3.05, 3.63) is 16.4 Å². The molecule has 17 nitrogen and oxygen atoms in total. The van der Waals surface area contributed by atoms with Gasteiger partial charge in [0.05, 0.1) is 12.3 Å². The highest BCUT2D eigenvalue weighted by Gasteiger charge is 2.17. The lowest BCUT2D eigenvalue weighted by Gasteiger charge is -2.19. The Morgan fingerprint density at radius 2 is 1.22 bits per heavy atom. The number of aromatic nitrogens is 2. The van der Waals surface area contributed by atoms with Crippen LogP contribution in [0.4, 0.5) is 4.79 Å². The van der Waals surface area contributed by atoms with Gasteiger partial charge in [0, 0.05) is 24.4 Å². The molecule has 0 spiro atoms. The minimum absolute atomic E-state index is 0.244. The number of nitrogens with zero attached hydrogens (tertiary/aromatic N) is 3. The van der Waals surface area contributed by atoms with Crippen LogP contribution in [0.3, 0.4) is 0 Å². The summed E-state index contributed by atoms with van der Waals surface area (Å²) in [5.74, 6) is 3.37. The van der Waals surface area contributed by atoms with Gasteiger partial charge in [0.25, 0.3) is 0 Å². The van der Waals surface area contributed by atoms with E-state index in [9.17, 15) is 14.6 Å². The molecule has 1 heterocycles. The predicted octanol–water partition coefficient (Wildman–Crippen LogP) is 4.36. The van der Waals surface area contributed by atoms with Gasteiger partial charge in [-0.25, -0.2) is 9.59 Å². The van der Waals surface area contributed by atoms with Crippen LogP contribution in [0, 0.1) is 41.4 Å². The van der Waals surface area contributed by atoms with E-state index in [4.69, 9.17) is 37.8 Å². The summed E-state index contributed by atoms with van der Waals surface area (Å²) >= 11 is 4.86. The highest BCUT2D eigenvalue weighted by atomic mass is 35.5. The fourth-order valence-corrected chi connectivity index (χ4v) is 5.44. The van der Waals surface area contributed by atoms with Crippen molar-refractivity contribution in [2.75, 3.05) is 26.2 Å². The van der Waals surface area contributed by atoms with Gasteiger partial charge in [-0.3, -0.25) is 9.51 Å². The molecule has 0 aliphatic carbocycles. The SMILES string of the molecule is CB(O)NCC(CC(C)=NO)CC(C)C.CB(O)NCC(CC(N)=NO)CC(C)C.CB(O)NCC(Cc1noc(=O)[nH]1)CC(C)C.CC(C)COC(=O)Cl. The lowest BCUT2D eigenvalue weighted by molar-refractivity contribution is 0.159. The van der Waals surface area contributed by atoms with E-state index in [1.54, 1.807) is 20.5 Å². The van der Waals surface area contributed by atoms with Crippen molar-refractivity contribution in [2.45, 2.75) is 121 Å². The first-order valence-electron chi connectivity index (χ1n) is 19.3. The van der Waals surface area contributed by atoms with Gasteiger partial charge in [0.15, 0.2) is 5.82 Å². The second-order valence-electron chi connectivity index (χ2n) is 15.8. The molecule has 55 heavy (non-hydrogen) atoms. The summed E-state index contributed by atoms with van der Waals surface area (Å²) in [6.07, 6.45) is 5.00. The standard InChI is InChI=1S/C10H20BN3O3.C10H23BN2O2.C9H22BN3O2.C5H9ClO2/c1-7(2)4-8(6-12-11(3)16)5-9-13-10(15)17-14-9;1-8(2)5-10(6-9(3)13-15)7-12-11(4)14;1-7(2)4-8(5-9(11)13-15)6-12-10(3)14;1-4(2)3-8-5(6)7/h7-8,12,16H,4-6H2,1-3H3,(H,13,14,15);8,10,12,14-15H,5-7H2,1-4H3;7-8,12,14-15H,4-6H2,1-3H3,(H2,11,13);4H,3H2,1-2H3. The first-order chi connectivity index (χ1) is 25.5. The van der Waals surface area contributed by atoms with Crippen LogP contribution >= 0.6 is 11.6 Å². The van der Waals surface area contributed by atoms with Gasteiger partial charge in [0.1, 0.15) is 5.84 Å². The third-order valence-corrected chi connectivity index (χ3v) is 7.51. The maximum atomic E-state index is 10.8. The molecule has 1 aromatic rings. The summed E-state index contributed by atoms with van der Waals surface area (Å²) < 4.78 is 8.89. The van der Waals surface area contributed by atoms with E-state index in [0.29, 0.717) is 73.9 Å². The fourth-order valence-electron chi connectivity index (χ4n) is 5.38. The molecule has 0 bridgehead atoms. The maximum Gasteiger partial charge on any atom is 0.438 e. The summed E-state index contributed by atoms with van der Waals surface area (Å²) in [6, 6.07) is 0. The van der Waals surface area contributed by atoms with E-state index in [1.807, 2.05) is 20.8 Å². The Labute approximate surface area is 335 Å². The second kappa shape index (κ2) is 34.6. The molecule has 0 saturated carbocycles. The van der Waals surface area contributed by atoms with Crippen LogP contribution in [0.1, 0.15) is 100 Å². The summed E-state index contributed by atoms with van der Waals surface area (Å²) in [6.45, 7) is 26.2. The monoisotopic (exact) mass is 807 g/mol. The van der Waals surface area contributed by atoms with Crippen molar-refractivity contribution < 1.29 is 39.5 Å². The molecule has 1 aromatic heterocycles. The van der Waals surface area contributed by atoms with E-state index in [2.05, 4.69) is 86.9 Å². The molecule has 3 atom stereocenters. The third-order valence-electron chi connectivity index (χ3n) is 7.40. The van der Waals surface area contributed by atoms with Crippen LogP contribution in [0.25, 0.3) is 0 Å². The van der Waals surface area contributed by atoms with Crippen LogP contribution in [0.2, 0.25) is 20.5 Å². The Hall–Kier alpha value is -2.61. The van der Waals surface area contributed by atoms with Crippen LogP contribution in [0.15, 0.2) is 19.6 Å². The molecular formula is C34H74B3ClN8O9. The lowest BCUT2D eigenvalue weighted by Crippen LogP contribution is -2.36. The number of rotatable bonds is 23. The smallest absolute Gasteiger partial charge is 0.438 e. The van der Waals surface area contributed by atoms with E-state index in [0.717, 1.165) is 37.9 Å². The van der Waals surface area contributed by atoms with E-state index in [-0.39, 0.29) is 11.8 Å². The number of amidine groups is 1. The largest absolute Gasteiger partial charge is 0.453 e. The van der Waals surface area contributed by atoms with Crippen LogP contribution in [-0.2, 0) is 11.2 Å². The van der Waals surface area contributed by atoms with Gasteiger partial charge < -0.3 is 51.6 Å². The highest BCUT2D eigenvalue weighted by molar-refractivity contribution is 6.61. The number of hydrogen-bond acceptors (Lipinski definition) is 15. The Balaban J connectivity index is -0.000000674. The maximum absolute atomic E-state index is 10.8. The number of ether oxygens (including phenoxy) is 1. The van der Waals surface area contributed by atoms with Crippen molar-refractivity contribution >= 4 is 49.7 Å². The molecule has 0 aromatic carbocycles. The van der Waals surface area contributed by atoms with Crippen molar-refractivity contribution in [3.8, 4) is 0 Å². The Morgan fingerprint density at radius 1 is 0.800 bits per heavy atom. The van der Waals surface area contributed by atoms with Gasteiger partial charge in [-0.05, 0) is 114 Å². The van der Waals surface area contributed by atoms with Gasteiger partial charge in [0.2, 0.25) is 0 Å². The first-order valence-corrected chi connectivity index (χ1v) is 19.6. The molecule has 0 amide bonds. The lowest BCUT2D eigenvalue weighted by atomic mass is 9.85. The fraction of sp³-hybridized carbons (Fsp3) is 0.853. The van der Waals surface area contributed by atoms with Crippen molar-refractivity contribution in [1.82, 2.24) is 25.8 Å². The number of H-pyrrole nitrogens is 1. The van der Waals surface area contributed by atoms with Crippen molar-refractivity contribution in [1.29, 1.82) is 0 Å². The molecule has 0 radical (unpaired) electrons. The average molecular weight is 807 g/mol. The highest BCUT2D eigenvalue weighted by Crippen LogP contribution is 2.17. The number of aromatic amines is 1. The molecule has 0 aliphatic heterocycles.